The Hall–Kier alpha value is -0.910. The van der Waals surface area contributed by atoms with Gasteiger partial charge in [-0.3, -0.25) is 4.90 Å². The molecule has 0 radical (unpaired) electrons. The molecule has 1 aliphatic heterocycles. The number of rotatable bonds is 5. The van der Waals surface area contributed by atoms with E-state index >= 15 is 0 Å². The quantitative estimate of drug-likeness (QED) is 0.584. The molecule has 116 valence electrons. The van der Waals surface area contributed by atoms with Crippen LogP contribution in [-0.2, 0) is 9.53 Å². The number of aliphatic hydroxyl groups is 2. The second kappa shape index (κ2) is 6.24. The van der Waals surface area contributed by atoms with E-state index in [1.165, 1.54) is 6.08 Å². The molecule has 1 fully saturated rings. The van der Waals surface area contributed by atoms with Crippen molar-refractivity contribution in [3.63, 3.8) is 0 Å². The summed E-state index contributed by atoms with van der Waals surface area (Å²) >= 11 is 0. The molecule has 0 aromatic heterocycles. The minimum absolute atomic E-state index is 0.159. The molecule has 0 aliphatic carbocycles. The lowest BCUT2D eigenvalue weighted by atomic mass is 9.78. The lowest BCUT2D eigenvalue weighted by Gasteiger charge is -2.55. The second-order valence-corrected chi connectivity index (χ2v) is 6.74. The Balaban J connectivity index is 2.86. The molecule has 1 aliphatic rings. The molecule has 1 unspecified atom stereocenters. The van der Waals surface area contributed by atoms with Crippen molar-refractivity contribution in [1.82, 2.24) is 4.90 Å². The summed E-state index contributed by atoms with van der Waals surface area (Å²) in [6.45, 7) is 11.8. The first kappa shape index (κ1) is 17.1. The highest BCUT2D eigenvalue weighted by Gasteiger charge is 2.46. The van der Waals surface area contributed by atoms with Gasteiger partial charge in [0.05, 0.1) is 12.7 Å². The van der Waals surface area contributed by atoms with Gasteiger partial charge in [-0.2, -0.15) is 0 Å². The van der Waals surface area contributed by atoms with E-state index in [1.807, 2.05) is 0 Å². The summed E-state index contributed by atoms with van der Waals surface area (Å²) in [6, 6.07) is 0. The number of β-amino-alcohol motifs (C(OH)–C–C–N with tert-alkyl or cyclic N) is 1. The van der Waals surface area contributed by atoms with Gasteiger partial charge in [-0.15, -0.1) is 0 Å². The fourth-order valence-corrected chi connectivity index (χ4v) is 3.28. The predicted molar refractivity (Wildman–Crippen MR) is 77.3 cm³/mol. The zero-order chi connectivity index (χ0) is 15.6. The molecular weight excluding hydrogens is 258 g/mol. The van der Waals surface area contributed by atoms with E-state index in [0.29, 0.717) is 19.4 Å². The summed E-state index contributed by atoms with van der Waals surface area (Å²) in [5.74, 6) is -0.398. The molecule has 1 rings (SSSR count). The molecule has 1 atom stereocenters. The van der Waals surface area contributed by atoms with E-state index in [9.17, 15) is 9.90 Å². The van der Waals surface area contributed by atoms with E-state index in [0.717, 1.165) is 0 Å². The largest absolute Gasteiger partial charge is 0.459 e. The number of ether oxygens (including phenoxy) is 1. The average molecular weight is 285 g/mol. The van der Waals surface area contributed by atoms with Crippen LogP contribution in [0.3, 0.4) is 0 Å². The molecule has 1 heterocycles. The Kier molecular flexibility index (Phi) is 5.35. The maximum absolute atomic E-state index is 11.4. The van der Waals surface area contributed by atoms with Crippen LogP contribution in [0.2, 0.25) is 0 Å². The van der Waals surface area contributed by atoms with Gasteiger partial charge in [-0.1, -0.05) is 6.58 Å². The van der Waals surface area contributed by atoms with Crippen LogP contribution in [0.15, 0.2) is 12.7 Å². The predicted octanol–water partition coefficient (Wildman–Crippen LogP) is 1.09. The number of likely N-dealkylation sites (tertiary alicyclic amines) is 1. The summed E-state index contributed by atoms with van der Waals surface area (Å²) in [5.41, 5.74) is -0.464. The van der Waals surface area contributed by atoms with Gasteiger partial charge in [-0.05, 0) is 27.7 Å². The lowest BCUT2D eigenvalue weighted by molar-refractivity contribution is -0.156. The monoisotopic (exact) mass is 285 g/mol. The van der Waals surface area contributed by atoms with Crippen molar-refractivity contribution in [1.29, 1.82) is 0 Å². The number of nitrogens with zero attached hydrogens (tertiary/aromatic N) is 1. The number of carbonyl (C=O) groups is 1. The Morgan fingerprint density at radius 2 is 1.90 bits per heavy atom. The fourth-order valence-electron chi connectivity index (χ4n) is 3.28. The summed E-state index contributed by atoms with van der Waals surface area (Å²) in [6.07, 6.45) is 1.64. The first-order valence-corrected chi connectivity index (χ1v) is 7.02. The summed E-state index contributed by atoms with van der Waals surface area (Å²) in [4.78, 5) is 13.6. The molecular formula is C15H27NO4. The Morgan fingerprint density at radius 1 is 1.40 bits per heavy atom. The topological polar surface area (TPSA) is 70.0 Å². The second-order valence-electron chi connectivity index (χ2n) is 6.74. The highest BCUT2D eigenvalue weighted by molar-refractivity contribution is 5.81. The third kappa shape index (κ3) is 4.04. The first-order chi connectivity index (χ1) is 9.12. The number of hydrogen-bond donors (Lipinski definition) is 2. The number of aliphatic hydroxyl groups excluding tert-OH is 2. The van der Waals surface area contributed by atoms with Crippen molar-refractivity contribution >= 4 is 5.97 Å². The van der Waals surface area contributed by atoms with E-state index in [4.69, 9.17) is 9.84 Å². The van der Waals surface area contributed by atoms with Gasteiger partial charge in [0.2, 0.25) is 0 Å². The molecule has 20 heavy (non-hydrogen) atoms. The van der Waals surface area contributed by atoms with Crippen molar-refractivity contribution in [3.8, 4) is 0 Å². The maximum atomic E-state index is 11.4. The summed E-state index contributed by atoms with van der Waals surface area (Å²) in [7, 11) is 0. The average Bonchev–Trinajstić information content (AvgIpc) is 2.32. The normalized spacial score (nSPS) is 24.1. The fraction of sp³-hybridized carbons (Fsp3) is 0.800. The standard InChI is InChI=1S/C15H27NO4/c1-6-13(19)20-12-7-14(2,3)16(9-11(18)10-17)15(4,5)8-12/h6,11-12,17-18H,1,7-10H2,2-5H3. The molecule has 0 bridgehead atoms. The highest BCUT2D eigenvalue weighted by Crippen LogP contribution is 2.39. The van der Waals surface area contributed by atoms with Gasteiger partial charge in [0.15, 0.2) is 0 Å². The van der Waals surface area contributed by atoms with Gasteiger partial charge >= 0.3 is 5.97 Å². The SMILES string of the molecule is C=CC(=O)OC1CC(C)(C)N(CC(O)CO)C(C)(C)C1. The molecule has 0 spiro atoms. The number of hydrogen-bond acceptors (Lipinski definition) is 5. The minimum Gasteiger partial charge on any atom is -0.459 e. The van der Waals surface area contributed by atoms with E-state index in [2.05, 4.69) is 39.2 Å². The van der Waals surface area contributed by atoms with Crippen LogP contribution in [0.5, 0.6) is 0 Å². The van der Waals surface area contributed by atoms with Gasteiger partial charge in [0, 0.05) is 36.5 Å². The van der Waals surface area contributed by atoms with Crippen molar-refractivity contribution in [2.24, 2.45) is 0 Å². The molecule has 1 saturated heterocycles. The smallest absolute Gasteiger partial charge is 0.330 e. The lowest BCUT2D eigenvalue weighted by Crippen LogP contribution is -2.64. The van der Waals surface area contributed by atoms with Gasteiger partial charge < -0.3 is 14.9 Å². The van der Waals surface area contributed by atoms with Crippen LogP contribution in [0, 0.1) is 0 Å². The van der Waals surface area contributed by atoms with E-state index in [-0.39, 0.29) is 23.8 Å². The highest BCUT2D eigenvalue weighted by atomic mass is 16.5. The van der Waals surface area contributed by atoms with Crippen LogP contribution >= 0.6 is 0 Å². The summed E-state index contributed by atoms with van der Waals surface area (Å²) in [5, 5.41) is 18.8. The third-order valence-corrected chi connectivity index (χ3v) is 3.97. The molecule has 5 nitrogen and oxygen atoms in total. The van der Waals surface area contributed by atoms with E-state index < -0.39 is 12.1 Å². The number of carbonyl (C=O) groups excluding carboxylic acids is 1. The molecule has 5 heteroatoms. The summed E-state index contributed by atoms with van der Waals surface area (Å²) < 4.78 is 5.40. The van der Waals surface area contributed by atoms with Crippen molar-refractivity contribution in [2.75, 3.05) is 13.2 Å². The minimum atomic E-state index is -0.763. The first-order valence-electron chi connectivity index (χ1n) is 7.02. The van der Waals surface area contributed by atoms with Crippen LogP contribution in [0.25, 0.3) is 0 Å². The van der Waals surface area contributed by atoms with Crippen molar-refractivity contribution in [2.45, 2.75) is 63.8 Å². The molecule has 0 saturated carbocycles. The van der Waals surface area contributed by atoms with Crippen molar-refractivity contribution < 1.29 is 19.7 Å². The van der Waals surface area contributed by atoms with Crippen molar-refractivity contribution in [3.05, 3.63) is 12.7 Å². The zero-order valence-electron chi connectivity index (χ0n) is 12.9. The molecule has 0 amide bonds. The molecule has 2 N–H and O–H groups in total. The van der Waals surface area contributed by atoms with Crippen LogP contribution in [0.4, 0.5) is 0 Å². The molecule has 0 aromatic carbocycles. The number of piperidine rings is 1. The third-order valence-electron chi connectivity index (χ3n) is 3.97. The number of esters is 1. The Morgan fingerprint density at radius 3 is 2.30 bits per heavy atom. The van der Waals surface area contributed by atoms with E-state index in [1.54, 1.807) is 0 Å². The Bertz CT molecular complexity index is 347. The Labute approximate surface area is 121 Å². The van der Waals surface area contributed by atoms with Crippen LogP contribution in [0.1, 0.15) is 40.5 Å². The van der Waals surface area contributed by atoms with Crippen LogP contribution < -0.4 is 0 Å². The van der Waals surface area contributed by atoms with Crippen LogP contribution in [-0.4, -0.2) is 57.5 Å². The van der Waals surface area contributed by atoms with Gasteiger partial charge in [0.1, 0.15) is 6.10 Å². The zero-order valence-corrected chi connectivity index (χ0v) is 12.9. The van der Waals surface area contributed by atoms with Gasteiger partial charge in [0.25, 0.3) is 0 Å². The maximum Gasteiger partial charge on any atom is 0.330 e. The molecule has 0 aromatic rings. The van der Waals surface area contributed by atoms with Gasteiger partial charge in [-0.25, -0.2) is 4.79 Å².